The third-order valence-corrected chi connectivity index (χ3v) is 9.76. The van der Waals surface area contributed by atoms with Gasteiger partial charge in [-0.15, -0.1) is 0 Å². The number of hydrogen-bond donors (Lipinski definition) is 0. The molecule has 2 unspecified atom stereocenters. The van der Waals surface area contributed by atoms with Gasteiger partial charge in [-0.25, -0.2) is 0 Å². The second-order valence-corrected chi connectivity index (χ2v) is 13.5. The van der Waals surface area contributed by atoms with Crippen LogP contribution in [0.2, 0.25) is 0 Å². The van der Waals surface area contributed by atoms with Crippen LogP contribution in [-0.2, 0) is 22.3 Å². The smallest absolute Gasteiger partial charge is 0.141 e. The molecule has 260 valence electrons. The fourth-order valence-corrected chi connectivity index (χ4v) is 7.28. The maximum atomic E-state index is 6.00. The Labute approximate surface area is 302 Å². The van der Waals surface area contributed by atoms with Crippen molar-refractivity contribution in [3.8, 4) is 22.3 Å². The third-order valence-electron chi connectivity index (χ3n) is 9.76. The van der Waals surface area contributed by atoms with Crippen LogP contribution in [0.5, 0.6) is 0 Å². The van der Waals surface area contributed by atoms with Crippen LogP contribution in [0.25, 0.3) is 22.3 Å². The van der Waals surface area contributed by atoms with Crippen LogP contribution >= 0.6 is 0 Å². The van der Waals surface area contributed by atoms with Gasteiger partial charge in [0.1, 0.15) is 5.76 Å². The Kier molecular flexibility index (Phi) is 10.6. The van der Waals surface area contributed by atoms with Crippen LogP contribution in [0.15, 0.2) is 132 Å². The summed E-state index contributed by atoms with van der Waals surface area (Å²) in [5.41, 5.74) is 13.3. The van der Waals surface area contributed by atoms with Gasteiger partial charge in [0.2, 0.25) is 0 Å². The Morgan fingerprint density at radius 1 is 0.549 bits per heavy atom. The highest BCUT2D eigenvalue weighted by Crippen LogP contribution is 2.37. The molecule has 6 heteroatoms. The minimum absolute atomic E-state index is 0.219. The largest absolute Gasteiger partial charge is 0.376 e. The Balaban J connectivity index is 0.000000159. The highest BCUT2D eigenvalue weighted by molar-refractivity contribution is 5.77. The number of anilines is 4. The lowest BCUT2D eigenvalue weighted by Crippen LogP contribution is -2.29. The summed E-state index contributed by atoms with van der Waals surface area (Å²) in [5, 5.41) is 4.12. The molecule has 0 radical (unpaired) electrons. The van der Waals surface area contributed by atoms with Gasteiger partial charge < -0.3 is 23.8 Å². The van der Waals surface area contributed by atoms with E-state index in [1.807, 2.05) is 19.9 Å². The number of nitrogens with zero attached hydrogens (tertiary/aromatic N) is 3. The zero-order chi connectivity index (χ0) is 35.2. The Morgan fingerprint density at radius 3 is 1.69 bits per heavy atom. The zero-order valence-electron chi connectivity index (χ0n) is 30.1. The molecule has 0 saturated heterocycles. The predicted octanol–water partition coefficient (Wildman–Crippen LogP) is 10.5. The van der Waals surface area contributed by atoms with Crippen molar-refractivity contribution in [2.24, 2.45) is 0 Å². The molecule has 5 aromatic carbocycles. The van der Waals surface area contributed by atoms with Gasteiger partial charge in [-0.3, -0.25) is 0 Å². The number of para-hydroxylation sites is 2. The first-order valence-corrected chi connectivity index (χ1v) is 18.1. The summed E-state index contributed by atoms with van der Waals surface area (Å²) < 4.78 is 17.3. The highest BCUT2D eigenvalue weighted by atomic mass is 16.5. The molecule has 2 aliphatic rings. The molecule has 2 atom stereocenters. The molecule has 2 aliphatic heterocycles. The average Bonchev–Trinajstić information content (AvgIpc) is 3.49. The minimum atomic E-state index is 0.219. The van der Waals surface area contributed by atoms with Crippen molar-refractivity contribution in [1.29, 1.82) is 0 Å². The van der Waals surface area contributed by atoms with E-state index in [2.05, 4.69) is 150 Å². The molecule has 0 aliphatic carbocycles. The summed E-state index contributed by atoms with van der Waals surface area (Å²) in [4.78, 5) is 4.72. The van der Waals surface area contributed by atoms with E-state index in [0.29, 0.717) is 6.61 Å². The maximum absolute atomic E-state index is 6.00. The molecule has 6 aromatic rings. The molecule has 8 rings (SSSR count). The van der Waals surface area contributed by atoms with Gasteiger partial charge in [0.05, 0.1) is 31.1 Å². The highest BCUT2D eigenvalue weighted by Gasteiger charge is 2.22. The number of benzene rings is 5. The monoisotopic (exact) mass is 677 g/mol. The van der Waals surface area contributed by atoms with Crippen LogP contribution in [0, 0.1) is 13.8 Å². The summed E-state index contributed by atoms with van der Waals surface area (Å²) in [7, 11) is 0. The second kappa shape index (κ2) is 15.8. The molecule has 6 nitrogen and oxygen atoms in total. The number of hydrogen-bond acceptors (Lipinski definition) is 6. The summed E-state index contributed by atoms with van der Waals surface area (Å²) in [5.74, 6) is 0.858. The molecular formula is C45H47N3O3. The average molecular weight is 678 g/mol. The Hall–Kier alpha value is -5.17. The van der Waals surface area contributed by atoms with E-state index < -0.39 is 0 Å². The SMILES string of the molecule is CC1Cc2cc(-c3ccccc3)ccc2N(c2ccccc2)CCO1.Cc1noc(C)c1-c1ccc2c(c1)N(c1ccccc1)CCOC(C)C2. The van der Waals surface area contributed by atoms with Gasteiger partial charge in [0, 0.05) is 54.2 Å². The molecule has 0 spiro atoms. The van der Waals surface area contributed by atoms with Gasteiger partial charge in [-0.1, -0.05) is 90.1 Å². The number of ether oxygens (including phenoxy) is 2. The lowest BCUT2D eigenvalue weighted by Gasteiger charge is -2.31. The van der Waals surface area contributed by atoms with Gasteiger partial charge in [0.25, 0.3) is 0 Å². The van der Waals surface area contributed by atoms with Crippen molar-refractivity contribution in [1.82, 2.24) is 5.16 Å². The first-order valence-electron chi connectivity index (χ1n) is 18.1. The van der Waals surface area contributed by atoms with Gasteiger partial charge >= 0.3 is 0 Å². The fraction of sp³-hybridized carbons (Fsp3) is 0.267. The second-order valence-electron chi connectivity index (χ2n) is 13.5. The van der Waals surface area contributed by atoms with E-state index in [9.17, 15) is 0 Å². The number of aromatic nitrogens is 1. The minimum Gasteiger partial charge on any atom is -0.376 e. The van der Waals surface area contributed by atoms with Crippen molar-refractivity contribution in [2.75, 3.05) is 36.1 Å². The van der Waals surface area contributed by atoms with E-state index in [4.69, 9.17) is 14.0 Å². The zero-order valence-corrected chi connectivity index (χ0v) is 30.1. The fourth-order valence-electron chi connectivity index (χ4n) is 7.28. The quantitative estimate of drug-likeness (QED) is 0.185. The third kappa shape index (κ3) is 7.93. The van der Waals surface area contributed by atoms with E-state index in [-0.39, 0.29) is 12.2 Å². The van der Waals surface area contributed by atoms with E-state index in [1.54, 1.807) is 0 Å². The molecule has 0 amide bonds. The van der Waals surface area contributed by atoms with Gasteiger partial charge in [0.15, 0.2) is 0 Å². The molecule has 3 heterocycles. The van der Waals surface area contributed by atoms with Crippen molar-refractivity contribution < 1.29 is 14.0 Å². The van der Waals surface area contributed by atoms with Crippen LogP contribution in [-0.4, -0.2) is 43.7 Å². The molecule has 0 saturated carbocycles. The molecule has 1 aromatic heterocycles. The topological polar surface area (TPSA) is 51.0 Å². The first kappa shape index (κ1) is 34.3. The number of rotatable bonds is 4. The summed E-state index contributed by atoms with van der Waals surface area (Å²) in [6.07, 6.45) is 2.29. The predicted molar refractivity (Wildman–Crippen MR) is 208 cm³/mol. The molecule has 0 fully saturated rings. The Morgan fingerprint density at radius 2 is 1.10 bits per heavy atom. The van der Waals surface area contributed by atoms with Gasteiger partial charge in [-0.05, 0) is 98.0 Å². The van der Waals surface area contributed by atoms with Crippen LogP contribution < -0.4 is 9.80 Å². The first-order chi connectivity index (χ1) is 24.9. The molecule has 51 heavy (non-hydrogen) atoms. The molecule has 0 N–H and O–H groups in total. The molecule has 0 bridgehead atoms. The van der Waals surface area contributed by atoms with Crippen molar-refractivity contribution in [2.45, 2.75) is 52.7 Å². The van der Waals surface area contributed by atoms with Crippen molar-refractivity contribution in [3.05, 3.63) is 150 Å². The van der Waals surface area contributed by atoms with Crippen molar-refractivity contribution >= 4 is 22.7 Å². The van der Waals surface area contributed by atoms with E-state index in [1.165, 1.54) is 45.0 Å². The normalized spacial score (nSPS) is 17.5. The summed E-state index contributed by atoms with van der Waals surface area (Å²) in [6.45, 7) is 11.4. The van der Waals surface area contributed by atoms with Crippen LogP contribution in [0.3, 0.4) is 0 Å². The van der Waals surface area contributed by atoms with E-state index in [0.717, 1.165) is 55.1 Å². The van der Waals surface area contributed by atoms with E-state index >= 15 is 0 Å². The van der Waals surface area contributed by atoms with Crippen molar-refractivity contribution in [3.63, 3.8) is 0 Å². The number of aryl methyl sites for hydroxylation is 2. The van der Waals surface area contributed by atoms with Gasteiger partial charge in [-0.2, -0.15) is 0 Å². The lowest BCUT2D eigenvalue weighted by molar-refractivity contribution is 0.0701. The van der Waals surface area contributed by atoms with Crippen LogP contribution in [0.1, 0.15) is 36.4 Å². The van der Waals surface area contributed by atoms with Crippen LogP contribution in [0.4, 0.5) is 22.7 Å². The summed E-state index contributed by atoms with van der Waals surface area (Å²) >= 11 is 0. The summed E-state index contributed by atoms with van der Waals surface area (Å²) in [6, 6.07) is 45.1. The lowest BCUT2D eigenvalue weighted by atomic mass is 9.97. The maximum Gasteiger partial charge on any atom is 0.141 e. The standard InChI is InChI=1S/C23H23NO.C22H24N2O2/c1-18-16-21-17-20(19-8-4-2-5-9-19)12-13-23(21)24(14-15-25-18)22-10-6-3-7-11-22;1-15-13-18-9-10-19(22-16(2)23-26-17(22)3)14-21(18)24(11-12-25-15)20-7-5-4-6-8-20/h2-13,17-18H,14-16H2,1H3;4-10,14-15H,11-13H2,1-3H3. The number of fused-ring (bicyclic) bond motifs is 2. The Bertz CT molecular complexity index is 2010. The molecular weight excluding hydrogens is 631 g/mol.